The lowest BCUT2D eigenvalue weighted by Gasteiger charge is -2.21. The molecule has 0 unspecified atom stereocenters. The maximum absolute atomic E-state index is 2.39. The Bertz CT molecular complexity index is 2530. The van der Waals surface area contributed by atoms with Gasteiger partial charge in [-0.1, -0.05) is 178 Å². The number of allylic oxidation sites excluding steroid dienone is 1. The van der Waals surface area contributed by atoms with Crippen LogP contribution in [0.2, 0.25) is 0 Å². The predicted octanol–water partition coefficient (Wildman–Crippen LogP) is 13.0. The first kappa shape index (κ1) is 28.5. The van der Waals surface area contributed by atoms with Crippen LogP contribution in [0.5, 0.6) is 0 Å². The summed E-state index contributed by atoms with van der Waals surface area (Å²) in [5, 5.41) is 7.75. The summed E-state index contributed by atoms with van der Waals surface area (Å²) in [7, 11) is 0. The smallest absolute Gasteiger partial charge is 0.0158 e. The molecule has 0 nitrogen and oxygen atoms in total. The number of hydrogen-bond donors (Lipinski definition) is 0. The van der Waals surface area contributed by atoms with Crippen molar-refractivity contribution in [1.82, 2.24) is 0 Å². The van der Waals surface area contributed by atoms with Crippen LogP contribution >= 0.6 is 0 Å². The molecule has 1 aliphatic carbocycles. The second kappa shape index (κ2) is 11.2. The highest BCUT2D eigenvalue weighted by Crippen LogP contribution is 2.49. The number of rotatable bonds is 5. The molecule has 9 rings (SSSR count). The van der Waals surface area contributed by atoms with Crippen molar-refractivity contribution in [3.05, 3.63) is 186 Å². The van der Waals surface area contributed by atoms with E-state index in [0.29, 0.717) is 0 Å². The van der Waals surface area contributed by atoms with Crippen LogP contribution in [0.4, 0.5) is 0 Å². The fraction of sp³-hybridized carbons (Fsp3) is 0.0833. The van der Waals surface area contributed by atoms with E-state index >= 15 is 0 Å². The molecule has 0 heteroatoms. The molecule has 0 atom stereocenters. The molecule has 0 spiro atoms. The molecule has 8 aromatic carbocycles. The zero-order valence-corrected chi connectivity index (χ0v) is 27.4. The molecule has 8 aromatic rings. The average molecular weight is 613 g/mol. The summed E-state index contributed by atoms with van der Waals surface area (Å²) in [5.41, 5.74) is 13.3. The lowest BCUT2D eigenvalue weighted by Crippen LogP contribution is -2.14. The first-order valence-corrected chi connectivity index (χ1v) is 17.0. The van der Waals surface area contributed by atoms with E-state index in [4.69, 9.17) is 0 Å². The summed E-state index contributed by atoms with van der Waals surface area (Å²) in [6.45, 7) is 4.68. The van der Waals surface area contributed by atoms with Crippen LogP contribution in [0.15, 0.2) is 164 Å². The van der Waals surface area contributed by atoms with E-state index in [0.717, 1.165) is 6.42 Å². The van der Waals surface area contributed by atoms with Crippen molar-refractivity contribution in [2.45, 2.75) is 25.7 Å². The number of hydrogen-bond acceptors (Lipinski definition) is 0. The fourth-order valence-corrected chi connectivity index (χ4v) is 8.11. The Balaban J connectivity index is 1.08. The highest BCUT2D eigenvalue weighted by atomic mass is 14.4. The van der Waals surface area contributed by atoms with Crippen LogP contribution < -0.4 is 0 Å². The lowest BCUT2D eigenvalue weighted by molar-refractivity contribution is 0.660. The molecule has 0 saturated heterocycles. The number of fused-ring (bicyclic) bond motifs is 7. The van der Waals surface area contributed by atoms with Crippen LogP contribution in [-0.2, 0) is 11.8 Å². The number of benzene rings is 8. The quantitative estimate of drug-likeness (QED) is 0.134. The Morgan fingerprint density at radius 3 is 1.98 bits per heavy atom. The van der Waals surface area contributed by atoms with Crippen molar-refractivity contribution < 1.29 is 0 Å². The van der Waals surface area contributed by atoms with E-state index in [1.165, 1.54) is 88.0 Å². The standard InChI is InChI=1S/C48H36/c1-48(2)44-22-11-10-19-40(44)43-31-36(28-30-45(43)48)33-25-23-32(24-26-33)13-12-21-39-38-18-8-9-20-41(38)46(35-15-4-3-5-16-35)47-37-17-7-6-14-34(37)27-29-42(39)47/h3-12,14-31H,13H2,1-2H3/b21-12+. The third kappa shape index (κ3) is 4.52. The van der Waals surface area contributed by atoms with E-state index in [1.807, 2.05) is 0 Å². The molecular weight excluding hydrogens is 577 g/mol. The summed E-state index contributed by atoms with van der Waals surface area (Å²) >= 11 is 0. The lowest BCUT2D eigenvalue weighted by atomic mass is 9.82. The monoisotopic (exact) mass is 612 g/mol. The predicted molar refractivity (Wildman–Crippen MR) is 207 cm³/mol. The van der Waals surface area contributed by atoms with Crippen molar-refractivity contribution in [3.63, 3.8) is 0 Å². The SMILES string of the molecule is CC1(C)c2ccccc2-c2cc(-c3ccc(C/C=C/c4c5ccccc5c(-c5ccccc5)c5c4ccc4ccccc45)cc3)ccc21. The van der Waals surface area contributed by atoms with Gasteiger partial charge in [-0.25, -0.2) is 0 Å². The normalized spacial score (nSPS) is 13.4. The minimum Gasteiger partial charge on any atom is -0.0795 e. The topological polar surface area (TPSA) is 0 Å². The Morgan fingerprint density at radius 2 is 1.15 bits per heavy atom. The zero-order valence-electron chi connectivity index (χ0n) is 27.4. The van der Waals surface area contributed by atoms with Crippen LogP contribution in [0, 0.1) is 0 Å². The third-order valence-corrected chi connectivity index (χ3v) is 10.5. The van der Waals surface area contributed by atoms with E-state index in [9.17, 15) is 0 Å². The molecule has 228 valence electrons. The molecular formula is C48H36. The molecule has 0 bridgehead atoms. The van der Waals surface area contributed by atoms with E-state index in [2.05, 4.69) is 184 Å². The maximum Gasteiger partial charge on any atom is 0.0158 e. The van der Waals surface area contributed by atoms with E-state index in [1.54, 1.807) is 0 Å². The minimum atomic E-state index is 0.0340. The van der Waals surface area contributed by atoms with Crippen molar-refractivity contribution >= 4 is 38.4 Å². The van der Waals surface area contributed by atoms with Crippen molar-refractivity contribution in [2.75, 3.05) is 0 Å². The average Bonchev–Trinajstić information content (AvgIpc) is 3.37. The summed E-state index contributed by atoms with van der Waals surface area (Å²) in [6, 6.07) is 58.2. The molecule has 0 saturated carbocycles. The van der Waals surface area contributed by atoms with E-state index < -0.39 is 0 Å². The van der Waals surface area contributed by atoms with Gasteiger partial charge in [0.1, 0.15) is 0 Å². The molecule has 0 N–H and O–H groups in total. The molecule has 0 heterocycles. The van der Waals surface area contributed by atoms with Crippen LogP contribution in [0.25, 0.3) is 71.8 Å². The Morgan fingerprint density at radius 1 is 0.479 bits per heavy atom. The van der Waals surface area contributed by atoms with Gasteiger partial charge in [-0.2, -0.15) is 0 Å². The zero-order chi connectivity index (χ0) is 32.2. The van der Waals surface area contributed by atoms with Gasteiger partial charge in [-0.3, -0.25) is 0 Å². The van der Waals surface area contributed by atoms with Crippen LogP contribution in [0.3, 0.4) is 0 Å². The van der Waals surface area contributed by atoms with Gasteiger partial charge in [0.2, 0.25) is 0 Å². The summed E-state index contributed by atoms with van der Waals surface area (Å²) in [5.74, 6) is 0. The molecule has 0 amide bonds. The third-order valence-electron chi connectivity index (χ3n) is 10.5. The Kier molecular flexibility index (Phi) is 6.66. The van der Waals surface area contributed by atoms with Crippen molar-refractivity contribution in [2.24, 2.45) is 0 Å². The first-order valence-electron chi connectivity index (χ1n) is 17.0. The first-order chi connectivity index (χ1) is 23.6. The van der Waals surface area contributed by atoms with Gasteiger partial charge in [0, 0.05) is 5.41 Å². The summed E-state index contributed by atoms with van der Waals surface area (Å²) in [6.07, 6.45) is 5.56. The van der Waals surface area contributed by atoms with Crippen molar-refractivity contribution in [3.8, 4) is 33.4 Å². The van der Waals surface area contributed by atoms with Gasteiger partial charge >= 0.3 is 0 Å². The van der Waals surface area contributed by atoms with E-state index in [-0.39, 0.29) is 5.41 Å². The highest BCUT2D eigenvalue weighted by Gasteiger charge is 2.35. The summed E-state index contributed by atoms with van der Waals surface area (Å²) < 4.78 is 0. The van der Waals surface area contributed by atoms with Crippen LogP contribution in [-0.4, -0.2) is 0 Å². The van der Waals surface area contributed by atoms with Gasteiger partial charge in [0.25, 0.3) is 0 Å². The fourth-order valence-electron chi connectivity index (χ4n) is 8.11. The molecule has 0 radical (unpaired) electrons. The molecule has 0 fully saturated rings. The molecule has 0 aliphatic heterocycles. The Hall–Kier alpha value is -5.72. The van der Waals surface area contributed by atoms with Gasteiger partial charge in [-0.15, -0.1) is 0 Å². The Labute approximate surface area is 282 Å². The second-order valence-electron chi connectivity index (χ2n) is 13.6. The second-order valence-corrected chi connectivity index (χ2v) is 13.6. The minimum absolute atomic E-state index is 0.0340. The molecule has 0 aromatic heterocycles. The molecule has 1 aliphatic rings. The molecule has 48 heavy (non-hydrogen) atoms. The highest BCUT2D eigenvalue weighted by molar-refractivity contribution is 6.25. The van der Waals surface area contributed by atoms with Crippen molar-refractivity contribution in [1.29, 1.82) is 0 Å². The van der Waals surface area contributed by atoms with Gasteiger partial charge in [-0.05, 0) is 100 Å². The summed E-state index contributed by atoms with van der Waals surface area (Å²) in [4.78, 5) is 0. The van der Waals surface area contributed by atoms with Gasteiger partial charge < -0.3 is 0 Å². The van der Waals surface area contributed by atoms with Crippen LogP contribution in [0.1, 0.15) is 36.1 Å². The maximum atomic E-state index is 2.39. The van der Waals surface area contributed by atoms with Gasteiger partial charge in [0.15, 0.2) is 0 Å². The largest absolute Gasteiger partial charge is 0.0795 e. The van der Waals surface area contributed by atoms with Gasteiger partial charge in [0.05, 0.1) is 0 Å².